The average molecular weight is 589 g/mol. The fraction of sp³-hybridized carbons (Fsp3) is 0.429. The van der Waals surface area contributed by atoms with Gasteiger partial charge in [0.05, 0.1) is 10.8 Å². The van der Waals surface area contributed by atoms with Gasteiger partial charge in [0.25, 0.3) is 0 Å². The van der Waals surface area contributed by atoms with Gasteiger partial charge in [-0.05, 0) is 68.5 Å². The number of aryl methyl sites for hydroxylation is 2. The van der Waals surface area contributed by atoms with Crippen molar-refractivity contribution in [1.29, 1.82) is 0 Å². The molecule has 3 amide bonds. The maximum absolute atomic E-state index is 13.4. The molecule has 0 spiro atoms. The number of hydrogen-bond donors (Lipinski definition) is 6. The Morgan fingerprint density at radius 2 is 1.73 bits per heavy atom. The van der Waals surface area contributed by atoms with Crippen molar-refractivity contribution in [3.8, 4) is 5.75 Å². The van der Waals surface area contributed by atoms with Crippen LogP contribution in [0.3, 0.4) is 0 Å². The summed E-state index contributed by atoms with van der Waals surface area (Å²) in [6, 6.07) is 7.96. The number of carboxylic acids is 1. The first-order chi connectivity index (χ1) is 18.8. The number of nitrogens with one attached hydrogen (secondary N) is 3. The standard InChI is InChI=1S/C28H36N4O6S2/c1-15-10-18(33)11-16(2)19(15)13-20(29)24(34)31-22-14-39-40-28(3,4)23(27(37)38)32-25(35)21(30-26(22)36)12-17-8-6-5-7-9-17/h5-11,20-23,33H,12-14,29H2,1-4H3,(H,30,36)(H,31,34)(H,32,35)(H,37,38)/t20-,21-,22+,23-/m0/s1. The lowest BCUT2D eigenvalue weighted by molar-refractivity contribution is -0.143. The summed E-state index contributed by atoms with van der Waals surface area (Å²) in [4.78, 5) is 51.9. The Morgan fingerprint density at radius 3 is 2.33 bits per heavy atom. The van der Waals surface area contributed by atoms with Crippen LogP contribution in [0.4, 0.5) is 0 Å². The first kappa shape index (κ1) is 31.3. The van der Waals surface area contributed by atoms with Crippen LogP contribution in [-0.4, -0.2) is 68.6 Å². The first-order valence-electron chi connectivity index (χ1n) is 12.8. The zero-order valence-corrected chi connectivity index (χ0v) is 24.5. The van der Waals surface area contributed by atoms with Crippen LogP contribution in [0, 0.1) is 13.8 Å². The molecule has 10 nitrogen and oxygen atoms in total. The number of amides is 3. The summed E-state index contributed by atoms with van der Waals surface area (Å²) in [5.74, 6) is -2.69. The third kappa shape index (κ3) is 8.15. The quantitative estimate of drug-likeness (QED) is 0.264. The minimum Gasteiger partial charge on any atom is -0.508 e. The predicted octanol–water partition coefficient (Wildman–Crippen LogP) is 1.83. The van der Waals surface area contributed by atoms with E-state index in [9.17, 15) is 29.4 Å². The molecule has 1 aliphatic heterocycles. The lowest BCUT2D eigenvalue weighted by Crippen LogP contribution is -2.59. The largest absolute Gasteiger partial charge is 0.508 e. The Hall–Kier alpha value is -3.22. The summed E-state index contributed by atoms with van der Waals surface area (Å²) >= 11 is 0. The monoisotopic (exact) mass is 588 g/mol. The van der Waals surface area contributed by atoms with Crippen molar-refractivity contribution >= 4 is 45.3 Å². The van der Waals surface area contributed by atoms with Crippen molar-refractivity contribution in [2.45, 2.75) is 69.5 Å². The number of aromatic hydroxyl groups is 1. The molecule has 1 heterocycles. The molecular weight excluding hydrogens is 552 g/mol. The molecule has 0 bridgehead atoms. The molecule has 0 unspecified atom stereocenters. The number of phenols is 1. The topological polar surface area (TPSA) is 171 Å². The number of carbonyl (C=O) groups excluding carboxylic acids is 3. The van der Waals surface area contributed by atoms with Gasteiger partial charge in [-0.1, -0.05) is 51.9 Å². The van der Waals surface area contributed by atoms with E-state index in [1.54, 1.807) is 50.2 Å². The van der Waals surface area contributed by atoms with Crippen LogP contribution >= 0.6 is 21.6 Å². The van der Waals surface area contributed by atoms with Crippen LogP contribution in [-0.2, 0) is 32.0 Å². The van der Waals surface area contributed by atoms with Gasteiger partial charge >= 0.3 is 5.97 Å². The number of benzene rings is 2. The van der Waals surface area contributed by atoms with Gasteiger partial charge in [-0.15, -0.1) is 0 Å². The van der Waals surface area contributed by atoms with Gasteiger partial charge < -0.3 is 31.9 Å². The van der Waals surface area contributed by atoms with E-state index in [0.717, 1.165) is 22.3 Å². The molecule has 0 saturated carbocycles. The zero-order valence-electron chi connectivity index (χ0n) is 22.9. The van der Waals surface area contributed by atoms with E-state index in [2.05, 4.69) is 16.0 Å². The van der Waals surface area contributed by atoms with Crippen molar-refractivity contribution in [2.24, 2.45) is 5.73 Å². The third-order valence-electron chi connectivity index (χ3n) is 6.73. The molecular formula is C28H36N4O6S2. The van der Waals surface area contributed by atoms with Crippen LogP contribution in [0.2, 0.25) is 0 Å². The summed E-state index contributed by atoms with van der Waals surface area (Å²) in [6.07, 6.45) is 0.331. The van der Waals surface area contributed by atoms with Crippen molar-refractivity contribution in [1.82, 2.24) is 16.0 Å². The fourth-order valence-corrected chi connectivity index (χ4v) is 7.29. The van der Waals surface area contributed by atoms with E-state index < -0.39 is 52.6 Å². The predicted molar refractivity (Wildman–Crippen MR) is 157 cm³/mol. The Labute approximate surface area is 241 Å². The highest BCUT2D eigenvalue weighted by molar-refractivity contribution is 8.77. The Kier molecular flexibility index (Phi) is 10.5. The van der Waals surface area contributed by atoms with E-state index in [1.807, 2.05) is 19.9 Å². The van der Waals surface area contributed by atoms with Gasteiger partial charge in [0.15, 0.2) is 0 Å². The van der Waals surface area contributed by atoms with Gasteiger partial charge in [-0.3, -0.25) is 14.4 Å². The van der Waals surface area contributed by atoms with E-state index >= 15 is 0 Å². The fourth-order valence-electron chi connectivity index (χ4n) is 4.48. The molecule has 3 rings (SSSR count). The van der Waals surface area contributed by atoms with E-state index in [0.29, 0.717) is 0 Å². The zero-order chi connectivity index (χ0) is 29.6. The van der Waals surface area contributed by atoms with Crippen LogP contribution < -0.4 is 21.7 Å². The van der Waals surface area contributed by atoms with Gasteiger partial charge in [0, 0.05) is 12.2 Å². The highest BCUT2D eigenvalue weighted by atomic mass is 33.1. The molecule has 2 aromatic rings. The van der Waals surface area contributed by atoms with E-state index in [1.165, 1.54) is 21.6 Å². The van der Waals surface area contributed by atoms with Gasteiger partial charge in [-0.25, -0.2) is 4.79 Å². The van der Waals surface area contributed by atoms with Gasteiger partial charge in [0.2, 0.25) is 17.7 Å². The summed E-state index contributed by atoms with van der Waals surface area (Å²) in [5, 5.41) is 27.7. The summed E-state index contributed by atoms with van der Waals surface area (Å²) in [6.45, 7) is 7.05. The first-order valence-corrected chi connectivity index (χ1v) is 15.1. The molecule has 7 N–H and O–H groups in total. The molecule has 1 fully saturated rings. The molecule has 4 atom stereocenters. The summed E-state index contributed by atoms with van der Waals surface area (Å²) in [7, 11) is 2.44. The molecule has 0 aliphatic carbocycles. The maximum Gasteiger partial charge on any atom is 0.327 e. The van der Waals surface area contributed by atoms with Crippen molar-refractivity contribution < 1.29 is 29.4 Å². The Bertz CT molecular complexity index is 1230. The lowest BCUT2D eigenvalue weighted by atomic mass is 9.96. The number of carboxylic acid groups (broad SMARTS) is 1. The number of hydrogen-bond acceptors (Lipinski definition) is 8. The van der Waals surface area contributed by atoms with Crippen molar-refractivity contribution in [2.75, 3.05) is 5.75 Å². The molecule has 0 radical (unpaired) electrons. The molecule has 0 aromatic heterocycles. The average Bonchev–Trinajstić information content (AvgIpc) is 2.88. The smallest absolute Gasteiger partial charge is 0.327 e. The van der Waals surface area contributed by atoms with Gasteiger partial charge in [-0.2, -0.15) is 0 Å². The lowest BCUT2D eigenvalue weighted by Gasteiger charge is -2.31. The van der Waals surface area contributed by atoms with E-state index in [-0.39, 0.29) is 24.3 Å². The maximum atomic E-state index is 13.4. The second kappa shape index (κ2) is 13.4. The highest BCUT2D eigenvalue weighted by Gasteiger charge is 2.40. The molecule has 12 heteroatoms. The number of phenolic OH excluding ortho intramolecular Hbond substituents is 1. The minimum absolute atomic E-state index is 0.119. The molecule has 216 valence electrons. The third-order valence-corrected chi connectivity index (χ3v) is 10.0. The Morgan fingerprint density at radius 1 is 1.10 bits per heavy atom. The second-order valence-corrected chi connectivity index (χ2v) is 13.4. The number of nitrogens with two attached hydrogens (primary N) is 1. The van der Waals surface area contributed by atoms with Crippen molar-refractivity contribution in [3.63, 3.8) is 0 Å². The van der Waals surface area contributed by atoms with Crippen molar-refractivity contribution in [3.05, 3.63) is 64.7 Å². The molecule has 2 aromatic carbocycles. The SMILES string of the molecule is Cc1cc(O)cc(C)c1C[C@H](N)C(=O)N[C@@H]1CSSC(C)(C)[C@H](C(=O)O)NC(=O)[C@H](Cc2ccccc2)NC1=O. The number of aliphatic carboxylic acids is 1. The molecule has 1 aliphatic rings. The number of rotatable bonds is 7. The van der Waals surface area contributed by atoms with E-state index in [4.69, 9.17) is 5.73 Å². The molecule has 1 saturated heterocycles. The Balaban J connectivity index is 1.84. The van der Waals surface area contributed by atoms with Crippen LogP contribution in [0.5, 0.6) is 5.75 Å². The van der Waals surface area contributed by atoms with Crippen LogP contribution in [0.1, 0.15) is 36.1 Å². The second-order valence-electron chi connectivity index (χ2n) is 10.4. The van der Waals surface area contributed by atoms with Gasteiger partial charge in [0.1, 0.15) is 23.9 Å². The highest BCUT2D eigenvalue weighted by Crippen LogP contribution is 2.39. The number of carbonyl (C=O) groups is 4. The summed E-state index contributed by atoms with van der Waals surface area (Å²) in [5.41, 5.74) is 9.44. The molecule has 40 heavy (non-hydrogen) atoms. The minimum atomic E-state index is -1.22. The normalized spacial score (nSPS) is 22.3. The summed E-state index contributed by atoms with van der Waals surface area (Å²) < 4.78 is -0.935. The van der Waals surface area contributed by atoms with Crippen LogP contribution in [0.25, 0.3) is 0 Å². The van der Waals surface area contributed by atoms with Crippen LogP contribution in [0.15, 0.2) is 42.5 Å².